The van der Waals surface area contributed by atoms with Crippen LogP contribution in [0.1, 0.15) is 39.2 Å². The zero-order valence-electron chi connectivity index (χ0n) is 16.2. The number of hydrogen-bond donors (Lipinski definition) is 1. The third-order valence-corrected chi connectivity index (χ3v) is 4.87. The van der Waals surface area contributed by atoms with Crippen LogP contribution in [0.25, 0.3) is 17.7 Å². The summed E-state index contributed by atoms with van der Waals surface area (Å²) in [4.78, 5) is 25.0. The highest BCUT2D eigenvalue weighted by Crippen LogP contribution is 2.35. The van der Waals surface area contributed by atoms with E-state index in [-0.39, 0.29) is 22.8 Å². The number of carbonyl (C=O) groups is 2. The molecule has 1 N–H and O–H groups in total. The summed E-state index contributed by atoms with van der Waals surface area (Å²) in [5, 5.41) is 10.8. The van der Waals surface area contributed by atoms with E-state index in [9.17, 15) is 14.7 Å². The number of nitrogens with zero attached hydrogens (tertiary/aromatic N) is 1. The van der Waals surface area contributed by atoms with Gasteiger partial charge in [-0.1, -0.05) is 30.3 Å². The Kier molecular flexibility index (Phi) is 5.80. The number of rotatable bonds is 6. The van der Waals surface area contributed by atoms with Gasteiger partial charge in [0.05, 0.1) is 18.2 Å². The second-order valence-electron chi connectivity index (χ2n) is 6.53. The number of ketones is 1. The Morgan fingerprint density at radius 3 is 2.68 bits per heavy atom. The van der Waals surface area contributed by atoms with Crippen molar-refractivity contribution in [2.45, 2.75) is 19.9 Å². The number of aromatic nitrogens is 1. The van der Waals surface area contributed by atoms with Crippen molar-refractivity contribution in [2.75, 3.05) is 20.8 Å². The van der Waals surface area contributed by atoms with Crippen LogP contribution < -0.4 is 0 Å². The predicted octanol–water partition coefficient (Wildman–Crippen LogP) is 3.46. The van der Waals surface area contributed by atoms with Crippen LogP contribution in [0.3, 0.4) is 0 Å². The zero-order valence-corrected chi connectivity index (χ0v) is 16.2. The van der Waals surface area contributed by atoms with Gasteiger partial charge < -0.3 is 19.1 Å². The minimum atomic E-state index is -0.558. The van der Waals surface area contributed by atoms with Gasteiger partial charge in [0.25, 0.3) is 0 Å². The van der Waals surface area contributed by atoms with E-state index in [0.29, 0.717) is 30.8 Å². The smallest absolute Gasteiger partial charge is 0.340 e. The first kappa shape index (κ1) is 19.6. The molecule has 1 aromatic carbocycles. The molecule has 0 amide bonds. The van der Waals surface area contributed by atoms with Gasteiger partial charge in [-0.25, -0.2) is 4.79 Å². The van der Waals surface area contributed by atoms with Gasteiger partial charge >= 0.3 is 5.97 Å². The van der Waals surface area contributed by atoms with Gasteiger partial charge in [-0.3, -0.25) is 4.79 Å². The molecule has 6 heteroatoms. The van der Waals surface area contributed by atoms with E-state index in [0.717, 1.165) is 11.1 Å². The van der Waals surface area contributed by atoms with Gasteiger partial charge in [-0.15, -0.1) is 0 Å². The largest absolute Gasteiger partial charge is 0.494 e. The van der Waals surface area contributed by atoms with E-state index in [2.05, 4.69) is 0 Å². The summed E-state index contributed by atoms with van der Waals surface area (Å²) in [7, 11) is 2.90. The van der Waals surface area contributed by atoms with Gasteiger partial charge in [-0.05, 0) is 36.6 Å². The third kappa shape index (κ3) is 3.51. The minimum absolute atomic E-state index is 0.0682. The molecule has 0 aliphatic heterocycles. The van der Waals surface area contributed by atoms with E-state index in [1.54, 1.807) is 30.8 Å². The van der Waals surface area contributed by atoms with E-state index in [1.165, 1.54) is 13.2 Å². The summed E-state index contributed by atoms with van der Waals surface area (Å²) in [6.45, 7) is 2.75. The third-order valence-electron chi connectivity index (χ3n) is 4.87. The fourth-order valence-electron chi connectivity index (χ4n) is 3.45. The van der Waals surface area contributed by atoms with E-state index in [4.69, 9.17) is 9.47 Å². The molecule has 0 fully saturated rings. The predicted molar refractivity (Wildman–Crippen MR) is 107 cm³/mol. The Bertz CT molecular complexity index is 981. The first-order chi connectivity index (χ1) is 13.5. The van der Waals surface area contributed by atoms with Crippen LogP contribution >= 0.6 is 0 Å². The van der Waals surface area contributed by atoms with Crippen molar-refractivity contribution in [3.8, 4) is 5.88 Å². The number of methoxy groups -OCH3 is 2. The monoisotopic (exact) mass is 381 g/mol. The molecule has 1 aliphatic rings. The maximum Gasteiger partial charge on any atom is 0.340 e. The normalized spacial score (nSPS) is 14.4. The summed E-state index contributed by atoms with van der Waals surface area (Å²) in [6.07, 6.45) is 5.50. The Morgan fingerprint density at radius 2 is 1.96 bits per heavy atom. The number of hydrogen-bond acceptors (Lipinski definition) is 5. The van der Waals surface area contributed by atoms with Crippen LogP contribution in [0.15, 0.2) is 30.3 Å². The molecule has 0 atom stereocenters. The average molecular weight is 381 g/mol. The second kappa shape index (κ2) is 8.27. The fraction of sp³-hybridized carbons (Fsp3) is 0.273. The Balaban J connectivity index is 2.17. The van der Waals surface area contributed by atoms with Crippen LogP contribution in [-0.4, -0.2) is 42.3 Å². The van der Waals surface area contributed by atoms with Gasteiger partial charge in [0.2, 0.25) is 0 Å². The maximum atomic E-state index is 12.5. The van der Waals surface area contributed by atoms with Crippen LogP contribution in [0.5, 0.6) is 5.88 Å². The molecular weight excluding hydrogens is 358 g/mol. The maximum absolute atomic E-state index is 12.5. The highest BCUT2D eigenvalue weighted by molar-refractivity contribution is 6.33. The molecule has 0 unspecified atom stereocenters. The lowest BCUT2D eigenvalue weighted by Crippen LogP contribution is -2.07. The van der Waals surface area contributed by atoms with Gasteiger partial charge in [-0.2, -0.15) is 0 Å². The topological polar surface area (TPSA) is 77.8 Å². The molecule has 6 nitrogen and oxygen atoms in total. The summed E-state index contributed by atoms with van der Waals surface area (Å²) in [6, 6.07) is 7.50. The molecule has 0 spiro atoms. The number of carbonyl (C=O) groups excluding carboxylic acids is 2. The van der Waals surface area contributed by atoms with Crippen LogP contribution in [0, 0.1) is 6.92 Å². The molecule has 3 rings (SSSR count). The molecule has 0 saturated carbocycles. The number of aromatic hydroxyl groups is 1. The van der Waals surface area contributed by atoms with Crippen molar-refractivity contribution in [1.29, 1.82) is 0 Å². The van der Waals surface area contributed by atoms with Crippen molar-refractivity contribution in [3.05, 3.63) is 58.3 Å². The molecule has 0 saturated heterocycles. The lowest BCUT2D eigenvalue weighted by Gasteiger charge is -2.13. The van der Waals surface area contributed by atoms with Gasteiger partial charge in [0, 0.05) is 31.5 Å². The first-order valence-electron chi connectivity index (χ1n) is 9.02. The van der Waals surface area contributed by atoms with Crippen molar-refractivity contribution < 1.29 is 24.2 Å². The van der Waals surface area contributed by atoms with Crippen molar-refractivity contribution in [3.63, 3.8) is 0 Å². The molecule has 2 aromatic rings. The number of esters is 1. The lowest BCUT2D eigenvalue weighted by molar-refractivity contribution is -0.109. The summed E-state index contributed by atoms with van der Waals surface area (Å²) >= 11 is 0. The molecular formula is C22H23NO5. The Morgan fingerprint density at radius 1 is 1.21 bits per heavy atom. The Hall–Kier alpha value is -3.12. The van der Waals surface area contributed by atoms with Crippen molar-refractivity contribution in [2.24, 2.45) is 0 Å². The van der Waals surface area contributed by atoms with E-state index in [1.807, 2.05) is 24.3 Å². The molecule has 146 valence electrons. The number of ether oxygens (including phenoxy) is 2. The molecule has 0 bridgehead atoms. The number of fused-ring (bicyclic) bond motifs is 1. The van der Waals surface area contributed by atoms with Gasteiger partial charge in [0.15, 0.2) is 11.7 Å². The standard InChI is InChI=1S/C22H23NO5/c1-14-20(22(26)28-3)18(21(25)23(14)11-6-12-27-2)13-17-16-8-5-4-7-15(16)9-10-19(17)24/h4-5,7-10,13,25H,6,11-12H2,1-3H3. The molecule has 0 radical (unpaired) electrons. The van der Waals surface area contributed by atoms with Gasteiger partial charge in [0.1, 0.15) is 0 Å². The molecule has 28 heavy (non-hydrogen) atoms. The molecule has 1 heterocycles. The number of benzene rings is 1. The highest BCUT2D eigenvalue weighted by Gasteiger charge is 2.26. The van der Waals surface area contributed by atoms with Crippen LogP contribution in [0.4, 0.5) is 0 Å². The van der Waals surface area contributed by atoms with Crippen molar-refractivity contribution in [1.82, 2.24) is 4.57 Å². The number of allylic oxidation sites excluding steroid dienone is 2. The second-order valence-corrected chi connectivity index (χ2v) is 6.53. The minimum Gasteiger partial charge on any atom is -0.494 e. The van der Waals surface area contributed by atoms with E-state index < -0.39 is 5.97 Å². The quantitative estimate of drug-likeness (QED) is 0.471. The first-order valence-corrected chi connectivity index (χ1v) is 9.02. The summed E-state index contributed by atoms with van der Waals surface area (Å²) in [5.74, 6) is -0.808. The van der Waals surface area contributed by atoms with E-state index >= 15 is 0 Å². The Labute approximate surface area is 163 Å². The molecule has 1 aliphatic carbocycles. The molecule has 1 aromatic heterocycles. The zero-order chi connectivity index (χ0) is 20.3. The fourth-order valence-corrected chi connectivity index (χ4v) is 3.45. The van der Waals surface area contributed by atoms with Crippen LogP contribution in [0.2, 0.25) is 0 Å². The summed E-state index contributed by atoms with van der Waals surface area (Å²) in [5.41, 5.74) is 3.21. The van der Waals surface area contributed by atoms with Crippen molar-refractivity contribution >= 4 is 29.5 Å². The van der Waals surface area contributed by atoms with Crippen LogP contribution in [-0.2, 0) is 20.8 Å². The SMILES string of the molecule is COCCCn1c(C)c(C(=O)OC)c(C=C2C(=O)C=Cc3ccccc32)c1O. The average Bonchev–Trinajstić information content (AvgIpc) is 2.93. The highest BCUT2D eigenvalue weighted by atomic mass is 16.5. The lowest BCUT2D eigenvalue weighted by atomic mass is 9.90. The summed E-state index contributed by atoms with van der Waals surface area (Å²) < 4.78 is 11.6.